The maximum Gasteiger partial charge on any atom is 0.326 e. The van der Waals surface area contributed by atoms with Gasteiger partial charge < -0.3 is 26.8 Å². The Hall–Kier alpha value is -1.46. The first-order valence-corrected chi connectivity index (χ1v) is 14.2. The van der Waals surface area contributed by atoms with Crippen LogP contribution in [0.2, 0.25) is 0 Å². The molecule has 9 nitrogen and oxygen atoms in total. The van der Waals surface area contributed by atoms with E-state index in [1.807, 2.05) is 40.2 Å². The fourth-order valence-corrected chi connectivity index (χ4v) is 4.00. The van der Waals surface area contributed by atoms with Gasteiger partial charge in [-0.15, -0.1) is 0 Å². The second-order valence-corrected chi connectivity index (χ2v) is 10.3. The molecule has 0 rings (SSSR count). The number of nitrogens with two attached hydrogens (primary N) is 1. The summed E-state index contributed by atoms with van der Waals surface area (Å²) in [6.45, 7) is 7.46. The van der Waals surface area contributed by atoms with Crippen LogP contribution in [0.25, 0.3) is 0 Å². The second-order valence-electron chi connectivity index (χ2n) is 8.31. The van der Waals surface area contributed by atoms with Gasteiger partial charge in [-0.25, -0.2) is 4.79 Å². The lowest BCUT2D eigenvalue weighted by Gasteiger charge is -2.30. The number of carbonyl (C=O) groups is 4. The number of thioether (sulfide) groups is 2. The molecule has 0 spiro atoms. The fourth-order valence-electron chi connectivity index (χ4n) is 3.04. The molecule has 3 amide bonds. The predicted octanol–water partition coefficient (Wildman–Crippen LogP) is 1.45. The third-order valence-corrected chi connectivity index (χ3v) is 7.07. The number of hydrogen-bond donors (Lipinski definition) is 5. The molecule has 0 aliphatic heterocycles. The van der Waals surface area contributed by atoms with Crippen molar-refractivity contribution in [1.82, 2.24) is 16.0 Å². The predicted molar refractivity (Wildman–Crippen MR) is 136 cm³/mol. The van der Waals surface area contributed by atoms with Crippen molar-refractivity contribution >= 4 is 47.2 Å². The van der Waals surface area contributed by atoms with E-state index in [0.717, 1.165) is 5.75 Å². The number of aliphatic carboxylic acids is 1. The minimum atomic E-state index is -1.12. The lowest BCUT2D eigenvalue weighted by atomic mass is 9.94. The van der Waals surface area contributed by atoms with Gasteiger partial charge in [0, 0.05) is 0 Å². The van der Waals surface area contributed by atoms with E-state index in [1.165, 1.54) is 11.8 Å². The van der Waals surface area contributed by atoms with E-state index in [-0.39, 0.29) is 18.3 Å². The Morgan fingerprint density at radius 1 is 0.788 bits per heavy atom. The minimum Gasteiger partial charge on any atom is -0.480 e. The van der Waals surface area contributed by atoms with Gasteiger partial charge >= 0.3 is 5.97 Å². The van der Waals surface area contributed by atoms with Gasteiger partial charge in [0.05, 0.1) is 6.04 Å². The van der Waals surface area contributed by atoms with Gasteiger partial charge in [-0.2, -0.15) is 23.5 Å². The zero-order chi connectivity index (χ0) is 25.6. The first-order valence-electron chi connectivity index (χ1n) is 11.4. The first kappa shape index (κ1) is 31.5. The monoisotopic (exact) mass is 506 g/mol. The quantitative estimate of drug-likeness (QED) is 0.199. The van der Waals surface area contributed by atoms with Crippen molar-refractivity contribution in [2.75, 3.05) is 24.0 Å². The van der Waals surface area contributed by atoms with Gasteiger partial charge in [-0.3, -0.25) is 14.4 Å². The molecule has 0 aliphatic carbocycles. The van der Waals surface area contributed by atoms with Crippen molar-refractivity contribution in [1.29, 1.82) is 0 Å². The Labute approximate surface area is 206 Å². The Bertz CT molecular complexity index is 638. The molecule has 6 N–H and O–H groups in total. The average molecular weight is 507 g/mol. The summed E-state index contributed by atoms with van der Waals surface area (Å²) in [7, 11) is 0. The molecule has 0 radical (unpaired) electrons. The van der Waals surface area contributed by atoms with E-state index in [1.54, 1.807) is 11.8 Å². The van der Waals surface area contributed by atoms with Crippen LogP contribution in [-0.4, -0.2) is 77.0 Å². The largest absolute Gasteiger partial charge is 0.480 e. The van der Waals surface area contributed by atoms with E-state index in [0.29, 0.717) is 25.0 Å². The summed E-state index contributed by atoms with van der Waals surface area (Å²) < 4.78 is 0. The molecule has 0 aromatic rings. The van der Waals surface area contributed by atoms with Gasteiger partial charge in [-0.05, 0) is 48.7 Å². The standard InChI is InChI=1S/C22H42N4O5S2/c1-7-13(3)17(20(28)24-16(22(30)31)10-12-33-6)26-21(29)18(14(4)8-2)25-19(27)15(23)9-11-32-5/h13-18H,7-12,23H2,1-6H3,(H,24,28)(H,25,27)(H,26,29)(H,30,31). The fraction of sp³-hybridized carbons (Fsp3) is 0.818. The van der Waals surface area contributed by atoms with E-state index in [9.17, 15) is 24.3 Å². The lowest BCUT2D eigenvalue weighted by molar-refractivity contribution is -0.142. The van der Waals surface area contributed by atoms with Crippen LogP contribution in [0, 0.1) is 11.8 Å². The van der Waals surface area contributed by atoms with Gasteiger partial charge in [-0.1, -0.05) is 40.5 Å². The smallest absolute Gasteiger partial charge is 0.326 e. The number of hydrogen-bond acceptors (Lipinski definition) is 7. The molecular formula is C22H42N4O5S2. The summed E-state index contributed by atoms with van der Waals surface area (Å²) in [5.41, 5.74) is 5.96. The normalized spacial score (nSPS) is 16.6. The maximum atomic E-state index is 13.2. The van der Waals surface area contributed by atoms with Crippen molar-refractivity contribution in [3.8, 4) is 0 Å². The molecule has 11 heteroatoms. The number of nitrogens with one attached hydrogen (secondary N) is 3. The van der Waals surface area contributed by atoms with E-state index < -0.39 is 47.9 Å². The number of amides is 3. The van der Waals surface area contributed by atoms with Crippen molar-refractivity contribution < 1.29 is 24.3 Å². The maximum absolute atomic E-state index is 13.2. The molecule has 0 bridgehead atoms. The third kappa shape index (κ3) is 11.5. The molecule has 0 fully saturated rings. The molecule has 0 aromatic carbocycles. The first-order chi connectivity index (χ1) is 15.5. The van der Waals surface area contributed by atoms with Crippen LogP contribution in [0.5, 0.6) is 0 Å². The molecule has 192 valence electrons. The highest BCUT2D eigenvalue weighted by molar-refractivity contribution is 7.98. The van der Waals surface area contributed by atoms with Crippen LogP contribution in [0.15, 0.2) is 0 Å². The second kappa shape index (κ2) is 17.0. The molecule has 33 heavy (non-hydrogen) atoms. The summed E-state index contributed by atoms with van der Waals surface area (Å²) in [4.78, 5) is 50.2. The van der Waals surface area contributed by atoms with Gasteiger partial charge in [0.1, 0.15) is 18.1 Å². The van der Waals surface area contributed by atoms with E-state index in [2.05, 4.69) is 16.0 Å². The van der Waals surface area contributed by atoms with Crippen LogP contribution in [0.3, 0.4) is 0 Å². The van der Waals surface area contributed by atoms with Crippen molar-refractivity contribution in [3.63, 3.8) is 0 Å². The molecule has 0 heterocycles. The summed E-state index contributed by atoms with van der Waals surface area (Å²) in [5, 5.41) is 17.5. The van der Waals surface area contributed by atoms with Gasteiger partial charge in [0.2, 0.25) is 17.7 Å². The summed E-state index contributed by atoms with van der Waals surface area (Å²) in [5.74, 6) is -1.66. The third-order valence-electron chi connectivity index (χ3n) is 5.78. The summed E-state index contributed by atoms with van der Waals surface area (Å²) >= 11 is 3.08. The number of carboxylic acids is 1. The van der Waals surface area contributed by atoms with Crippen LogP contribution in [-0.2, 0) is 19.2 Å². The molecule has 6 unspecified atom stereocenters. The van der Waals surface area contributed by atoms with Crippen LogP contribution >= 0.6 is 23.5 Å². The van der Waals surface area contributed by atoms with Crippen LogP contribution < -0.4 is 21.7 Å². The highest BCUT2D eigenvalue weighted by Gasteiger charge is 2.34. The van der Waals surface area contributed by atoms with E-state index >= 15 is 0 Å². The van der Waals surface area contributed by atoms with E-state index in [4.69, 9.17) is 5.73 Å². The minimum absolute atomic E-state index is 0.185. The van der Waals surface area contributed by atoms with Crippen LogP contribution in [0.1, 0.15) is 53.4 Å². The molecule has 0 aliphatic rings. The molecule has 6 atom stereocenters. The highest BCUT2D eigenvalue weighted by Crippen LogP contribution is 2.13. The van der Waals surface area contributed by atoms with Crippen molar-refractivity contribution in [2.24, 2.45) is 17.6 Å². The Morgan fingerprint density at radius 2 is 1.21 bits per heavy atom. The lowest BCUT2D eigenvalue weighted by Crippen LogP contribution is -2.60. The number of carbonyl (C=O) groups excluding carboxylic acids is 3. The number of carboxylic acid groups (broad SMARTS) is 1. The summed E-state index contributed by atoms with van der Waals surface area (Å²) in [6.07, 6.45) is 5.79. The zero-order valence-corrected chi connectivity index (χ0v) is 22.3. The highest BCUT2D eigenvalue weighted by atomic mass is 32.2. The van der Waals surface area contributed by atoms with Crippen LogP contribution in [0.4, 0.5) is 0 Å². The Kier molecular flexibility index (Phi) is 16.3. The molecule has 0 saturated carbocycles. The van der Waals surface area contributed by atoms with Crippen molar-refractivity contribution in [3.05, 3.63) is 0 Å². The van der Waals surface area contributed by atoms with Crippen molar-refractivity contribution in [2.45, 2.75) is 77.5 Å². The molecule has 0 saturated heterocycles. The number of rotatable bonds is 17. The topological polar surface area (TPSA) is 151 Å². The Balaban J connectivity index is 5.51. The van der Waals surface area contributed by atoms with Gasteiger partial charge in [0.25, 0.3) is 0 Å². The molecule has 0 aromatic heterocycles. The Morgan fingerprint density at radius 3 is 1.64 bits per heavy atom. The van der Waals surface area contributed by atoms with Gasteiger partial charge in [0.15, 0.2) is 0 Å². The SMILES string of the molecule is CCC(C)C(NC(=O)C(N)CCSC)C(=O)NC(C(=O)NC(CCSC)C(=O)O)C(C)CC. The molecular weight excluding hydrogens is 464 g/mol. The summed E-state index contributed by atoms with van der Waals surface area (Å²) in [6, 6.07) is -3.53. The average Bonchev–Trinajstić information content (AvgIpc) is 2.79. The zero-order valence-electron chi connectivity index (χ0n) is 20.7.